The van der Waals surface area contributed by atoms with Crippen LogP contribution in [0.1, 0.15) is 25.3 Å². The Labute approximate surface area is 120 Å². The Morgan fingerprint density at radius 2 is 2.00 bits per heavy atom. The molecule has 5 heteroatoms. The van der Waals surface area contributed by atoms with E-state index in [-0.39, 0.29) is 5.66 Å². The number of fused-ring (bicyclic) bond motifs is 1. The van der Waals surface area contributed by atoms with Crippen molar-refractivity contribution in [2.24, 2.45) is 4.99 Å². The summed E-state index contributed by atoms with van der Waals surface area (Å²) in [7, 11) is 1.97. The second-order valence-electron chi connectivity index (χ2n) is 5.63. The van der Waals surface area contributed by atoms with E-state index in [2.05, 4.69) is 52.5 Å². The number of nitrogens with zero attached hydrogens (tertiary/aromatic N) is 1. The van der Waals surface area contributed by atoms with Crippen LogP contribution in [0.3, 0.4) is 0 Å². The summed E-state index contributed by atoms with van der Waals surface area (Å²) in [5.74, 6) is 0.868. The van der Waals surface area contributed by atoms with Gasteiger partial charge >= 0.3 is 0 Å². The summed E-state index contributed by atoms with van der Waals surface area (Å²) in [4.78, 5) is 4.85. The largest absolute Gasteiger partial charge is 0.334 e. The predicted molar refractivity (Wildman–Crippen MR) is 82.9 cm³/mol. The normalized spacial score (nSPS) is 28.6. The molecule has 1 aromatic carbocycles. The second kappa shape index (κ2) is 5.42. The third-order valence-electron chi connectivity index (χ3n) is 4.21. The maximum Gasteiger partial charge on any atom is 0.197 e. The van der Waals surface area contributed by atoms with Gasteiger partial charge in [0.15, 0.2) is 5.96 Å². The molecule has 0 saturated carbocycles. The fourth-order valence-corrected chi connectivity index (χ4v) is 2.87. The van der Waals surface area contributed by atoms with Crippen LogP contribution in [-0.4, -0.2) is 32.1 Å². The van der Waals surface area contributed by atoms with Crippen molar-refractivity contribution in [3.05, 3.63) is 29.8 Å². The van der Waals surface area contributed by atoms with Crippen molar-refractivity contribution in [3.63, 3.8) is 0 Å². The monoisotopic (exact) mass is 273 g/mol. The van der Waals surface area contributed by atoms with Crippen LogP contribution < -0.4 is 21.3 Å². The highest BCUT2D eigenvalue weighted by Gasteiger charge is 2.32. The molecule has 0 aliphatic carbocycles. The molecule has 2 aliphatic rings. The van der Waals surface area contributed by atoms with Crippen molar-refractivity contribution in [1.29, 1.82) is 0 Å². The average Bonchev–Trinajstić information content (AvgIpc) is 2.48. The van der Waals surface area contributed by atoms with Gasteiger partial charge in [-0.1, -0.05) is 18.2 Å². The number of anilines is 1. The Kier molecular flexibility index (Phi) is 3.63. The number of nitrogens with one attached hydrogen (secondary N) is 4. The van der Waals surface area contributed by atoms with E-state index in [1.54, 1.807) is 0 Å². The number of aliphatic imine (C=N–C) groups is 1. The van der Waals surface area contributed by atoms with Crippen molar-refractivity contribution in [3.8, 4) is 0 Å². The van der Waals surface area contributed by atoms with Crippen molar-refractivity contribution >= 4 is 11.6 Å². The van der Waals surface area contributed by atoms with Crippen molar-refractivity contribution < 1.29 is 0 Å². The fourth-order valence-electron chi connectivity index (χ4n) is 2.87. The second-order valence-corrected chi connectivity index (χ2v) is 5.63. The molecule has 108 valence electrons. The molecule has 20 heavy (non-hydrogen) atoms. The first-order valence-electron chi connectivity index (χ1n) is 7.33. The summed E-state index contributed by atoms with van der Waals surface area (Å²) in [6, 6.07) is 8.75. The van der Waals surface area contributed by atoms with Crippen molar-refractivity contribution in [1.82, 2.24) is 16.0 Å². The van der Waals surface area contributed by atoms with Crippen molar-refractivity contribution in [2.45, 2.75) is 31.5 Å². The summed E-state index contributed by atoms with van der Waals surface area (Å²) >= 11 is 0. The highest BCUT2D eigenvalue weighted by Crippen LogP contribution is 2.29. The number of benzene rings is 1. The van der Waals surface area contributed by atoms with Gasteiger partial charge in [0.25, 0.3) is 0 Å². The standard InChI is InChI=1S/C15H23N5/c1-15(16-2)12-5-3-4-6-13(12)19-14(20-15)18-11-7-9-17-10-8-11/h3-6,11,16-17H,7-10H2,1-2H3,(H2,18,19,20). The third-order valence-corrected chi connectivity index (χ3v) is 4.21. The van der Waals surface area contributed by atoms with E-state index < -0.39 is 0 Å². The molecular formula is C15H23N5. The zero-order valence-corrected chi connectivity index (χ0v) is 12.2. The number of hydrogen-bond donors (Lipinski definition) is 4. The summed E-state index contributed by atoms with van der Waals surface area (Å²) in [5.41, 5.74) is 2.05. The first-order chi connectivity index (χ1) is 9.71. The lowest BCUT2D eigenvalue weighted by Crippen LogP contribution is -2.58. The predicted octanol–water partition coefficient (Wildman–Crippen LogP) is 1.20. The van der Waals surface area contributed by atoms with Gasteiger partial charge in [-0.05, 0) is 46.0 Å². The summed E-state index contributed by atoms with van der Waals surface area (Å²) in [5, 5.41) is 13.6. The average molecular weight is 273 g/mol. The molecular weight excluding hydrogens is 250 g/mol. The lowest BCUT2D eigenvalue weighted by atomic mass is 9.97. The molecule has 1 unspecified atom stereocenters. The molecule has 1 atom stereocenters. The topological polar surface area (TPSA) is 60.5 Å². The van der Waals surface area contributed by atoms with Crippen LogP contribution in [0.15, 0.2) is 29.3 Å². The molecule has 1 fully saturated rings. The zero-order chi connectivity index (χ0) is 14.0. The molecule has 4 N–H and O–H groups in total. The van der Waals surface area contributed by atoms with E-state index >= 15 is 0 Å². The number of para-hydroxylation sites is 1. The van der Waals surface area contributed by atoms with Gasteiger partial charge in [0.2, 0.25) is 0 Å². The molecule has 0 bridgehead atoms. The van der Waals surface area contributed by atoms with Gasteiger partial charge in [-0.2, -0.15) is 0 Å². The lowest BCUT2D eigenvalue weighted by Gasteiger charge is -2.39. The molecule has 3 rings (SSSR count). The minimum Gasteiger partial charge on any atom is -0.334 e. The highest BCUT2D eigenvalue weighted by atomic mass is 15.3. The van der Waals surface area contributed by atoms with Gasteiger partial charge in [-0.3, -0.25) is 5.32 Å². The van der Waals surface area contributed by atoms with Gasteiger partial charge in [-0.25, -0.2) is 4.99 Å². The van der Waals surface area contributed by atoms with Crippen molar-refractivity contribution in [2.75, 3.05) is 25.5 Å². The SMILES string of the molecule is CNC1(C)NC(=NC2CCNCC2)Nc2ccccc21. The third kappa shape index (κ3) is 2.51. The Balaban J connectivity index is 1.88. The minimum absolute atomic E-state index is 0.284. The van der Waals surface area contributed by atoms with E-state index in [0.29, 0.717) is 6.04 Å². The Morgan fingerprint density at radius 1 is 1.25 bits per heavy atom. The van der Waals surface area contributed by atoms with E-state index in [4.69, 9.17) is 4.99 Å². The number of guanidine groups is 1. The molecule has 0 amide bonds. The van der Waals surface area contributed by atoms with E-state index in [1.165, 1.54) is 5.56 Å². The number of hydrogen-bond acceptors (Lipinski definition) is 3. The fraction of sp³-hybridized carbons (Fsp3) is 0.533. The Hall–Kier alpha value is -1.59. The van der Waals surface area contributed by atoms with Gasteiger partial charge in [0, 0.05) is 11.3 Å². The van der Waals surface area contributed by atoms with Gasteiger partial charge in [0.1, 0.15) is 5.66 Å². The summed E-state index contributed by atoms with van der Waals surface area (Å²) in [6.07, 6.45) is 2.20. The van der Waals surface area contributed by atoms with Crippen LogP contribution in [0.2, 0.25) is 0 Å². The summed E-state index contributed by atoms with van der Waals surface area (Å²) < 4.78 is 0. The number of piperidine rings is 1. The number of rotatable bonds is 2. The molecule has 2 aliphatic heterocycles. The molecule has 0 radical (unpaired) electrons. The first kappa shape index (κ1) is 13.4. The highest BCUT2D eigenvalue weighted by molar-refractivity contribution is 5.97. The van der Waals surface area contributed by atoms with Gasteiger partial charge in [-0.15, -0.1) is 0 Å². The Bertz CT molecular complexity index is 507. The molecule has 1 saturated heterocycles. The first-order valence-corrected chi connectivity index (χ1v) is 7.33. The Morgan fingerprint density at radius 3 is 2.75 bits per heavy atom. The van der Waals surface area contributed by atoms with Crippen LogP contribution >= 0.6 is 0 Å². The molecule has 0 spiro atoms. The molecule has 0 aromatic heterocycles. The molecule has 2 heterocycles. The maximum atomic E-state index is 4.85. The zero-order valence-electron chi connectivity index (χ0n) is 12.2. The van der Waals surface area contributed by atoms with Crippen LogP contribution in [0.5, 0.6) is 0 Å². The van der Waals surface area contributed by atoms with Crippen LogP contribution in [0, 0.1) is 0 Å². The van der Waals surface area contributed by atoms with E-state index in [1.807, 2.05) is 7.05 Å². The molecule has 5 nitrogen and oxygen atoms in total. The maximum absolute atomic E-state index is 4.85. The lowest BCUT2D eigenvalue weighted by molar-refractivity contribution is 0.361. The quantitative estimate of drug-likeness (QED) is 0.654. The van der Waals surface area contributed by atoms with Gasteiger partial charge < -0.3 is 16.0 Å². The van der Waals surface area contributed by atoms with Crippen LogP contribution in [0.4, 0.5) is 5.69 Å². The molecule has 1 aromatic rings. The minimum atomic E-state index is -0.284. The van der Waals surface area contributed by atoms with Crippen LogP contribution in [-0.2, 0) is 5.66 Å². The van der Waals surface area contributed by atoms with Gasteiger partial charge in [0.05, 0.1) is 6.04 Å². The van der Waals surface area contributed by atoms with E-state index in [9.17, 15) is 0 Å². The summed E-state index contributed by atoms with van der Waals surface area (Å²) in [6.45, 7) is 4.26. The van der Waals surface area contributed by atoms with Crippen LogP contribution in [0.25, 0.3) is 0 Å². The smallest absolute Gasteiger partial charge is 0.197 e. The van der Waals surface area contributed by atoms with E-state index in [0.717, 1.165) is 37.6 Å².